The number of imidazole rings is 1. The van der Waals surface area contributed by atoms with Crippen LogP contribution in [0.15, 0.2) is 219 Å². The Morgan fingerprint density at radius 1 is 0.400 bits per heavy atom. The number of benzene rings is 7. The molecule has 9 aromatic rings. The van der Waals surface area contributed by atoms with E-state index in [1.54, 1.807) is 6.20 Å². The largest absolute Gasteiger partial charge is 1.00 e. The summed E-state index contributed by atoms with van der Waals surface area (Å²) in [6.45, 7) is 0. The maximum absolute atomic E-state index is 6.94. The van der Waals surface area contributed by atoms with Gasteiger partial charge in [0.1, 0.15) is 47.7 Å². The molecule has 2 aromatic heterocycles. The summed E-state index contributed by atoms with van der Waals surface area (Å²) in [5, 5.41) is 7.88. The predicted octanol–water partition coefficient (Wildman–Crippen LogP) is 8.71. The summed E-state index contributed by atoms with van der Waals surface area (Å²) >= 11 is 0. The molecule has 0 saturated carbocycles. The van der Waals surface area contributed by atoms with Gasteiger partial charge in [0, 0.05) is 6.20 Å². The number of para-hydroxylation sites is 4. The molecule has 0 bridgehead atoms. The third kappa shape index (κ3) is 9.01. The topological polar surface area (TPSA) is 49.1 Å². The summed E-state index contributed by atoms with van der Waals surface area (Å²) in [6, 6.07) is 74.1. The zero-order valence-corrected chi connectivity index (χ0v) is 32.8. The molecule has 7 aromatic carbocycles. The summed E-state index contributed by atoms with van der Waals surface area (Å²) in [5.74, 6) is 2.54. The minimum atomic E-state index is -1.28. The van der Waals surface area contributed by atoms with E-state index < -0.39 is 15.8 Å². The van der Waals surface area contributed by atoms with Crippen molar-refractivity contribution < 1.29 is 21.8 Å². The van der Waals surface area contributed by atoms with E-state index in [9.17, 15) is 0 Å². The Morgan fingerprint density at radius 2 is 0.800 bits per heavy atom. The van der Waals surface area contributed by atoms with Crippen molar-refractivity contribution in [3.05, 3.63) is 219 Å². The number of rotatable bonds is 9. The van der Waals surface area contributed by atoms with Crippen molar-refractivity contribution >= 4 is 58.7 Å². The van der Waals surface area contributed by atoms with Crippen LogP contribution in [0, 0.1) is 0 Å². The van der Waals surface area contributed by atoms with E-state index in [0.717, 1.165) is 28.2 Å². The summed E-state index contributed by atoms with van der Waals surface area (Å²) in [5.41, 5.74) is 2.64. The Hall–Kier alpha value is -5.66. The minimum absolute atomic E-state index is 0. The average Bonchev–Trinajstić information content (AvgIpc) is 3.69. The van der Waals surface area contributed by atoms with Crippen molar-refractivity contribution in [2.45, 2.75) is 0 Å². The molecule has 55 heavy (non-hydrogen) atoms. The fourth-order valence-corrected chi connectivity index (χ4v) is 11.8. The Kier molecular flexibility index (Phi) is 12.7. The molecule has 0 saturated heterocycles. The van der Waals surface area contributed by atoms with Crippen LogP contribution in [0.25, 0.3) is 22.6 Å². The molecule has 0 aliphatic rings. The molecule has 0 fully saturated rings. The van der Waals surface area contributed by atoms with Crippen LogP contribution in [0.2, 0.25) is 0 Å². The molecule has 9 rings (SSSR count). The number of hydrogen-bond acceptors (Lipinski definition) is 3. The molecule has 0 atom stereocenters. The second-order valence-corrected chi connectivity index (χ2v) is 17.4. The Bertz CT molecular complexity index is 2300. The van der Waals surface area contributed by atoms with E-state index in [2.05, 4.69) is 185 Å². The zero-order valence-electron chi connectivity index (χ0n) is 29.8. The third-order valence-corrected chi connectivity index (χ3v) is 14.6. The van der Waals surface area contributed by atoms with Crippen molar-refractivity contribution in [2.24, 2.45) is 0 Å². The second kappa shape index (κ2) is 18.6. The molecule has 0 unspecified atom stereocenters. The standard InChI is InChI=1S/C36H28OP2.C12H8N3.Cu/c1-5-17-29(18-6-1)38(30-19-7-2-8-20-30)35-27-15-13-25-33(35)37-34-26-14-16-28-36(34)39(31-21-9-3-10-22-31)32-23-11-4-12-24-32;1-2-6-10-9(5-1)14-12(15-10)11-7-3-4-8-13-11;/h1-28H;1-8H;/q;-1;+1/p+2. The van der Waals surface area contributed by atoms with Crippen LogP contribution in [-0.2, 0) is 17.1 Å². The molecule has 0 spiro atoms. The normalized spacial score (nSPS) is 10.7. The van der Waals surface area contributed by atoms with E-state index in [1.807, 2.05) is 42.5 Å². The fraction of sp³-hybridized carbons (Fsp3) is 0. The number of nitrogens with zero attached hydrogens (tertiary/aromatic N) is 3. The van der Waals surface area contributed by atoms with Gasteiger partial charge in [-0.15, -0.1) is 0 Å². The van der Waals surface area contributed by atoms with Crippen molar-refractivity contribution in [3.8, 4) is 23.0 Å². The summed E-state index contributed by atoms with van der Waals surface area (Å²) in [7, 11) is -2.56. The van der Waals surface area contributed by atoms with E-state index in [-0.39, 0.29) is 17.1 Å². The van der Waals surface area contributed by atoms with Gasteiger partial charge in [0.05, 0.1) is 5.69 Å². The first-order valence-electron chi connectivity index (χ1n) is 17.9. The van der Waals surface area contributed by atoms with Gasteiger partial charge in [-0.25, -0.2) is 0 Å². The van der Waals surface area contributed by atoms with Crippen LogP contribution in [0.1, 0.15) is 0 Å². The first-order chi connectivity index (χ1) is 26.8. The van der Waals surface area contributed by atoms with Gasteiger partial charge >= 0.3 is 17.1 Å². The SMILES string of the molecule is [Cu+].c1ccc(-c2nc3ccccc3[n-]2)nc1.c1ccc([PH+](c2ccccc2)c2ccccc2Oc2ccccc2[PH+](c2ccccc2)c2ccccc2)cc1. The molecule has 0 radical (unpaired) electrons. The fourth-order valence-electron chi connectivity index (χ4n) is 6.53. The number of aromatic nitrogens is 3. The molecule has 7 heteroatoms. The predicted molar refractivity (Wildman–Crippen MR) is 231 cm³/mol. The van der Waals surface area contributed by atoms with Gasteiger partial charge < -0.3 is 14.7 Å². The van der Waals surface area contributed by atoms with Crippen molar-refractivity contribution in [3.63, 3.8) is 0 Å². The summed E-state index contributed by atoms with van der Waals surface area (Å²) in [6.07, 6.45) is 1.75. The van der Waals surface area contributed by atoms with Crippen LogP contribution in [-0.4, -0.2) is 9.97 Å². The maximum Gasteiger partial charge on any atom is 1.00 e. The van der Waals surface area contributed by atoms with E-state index in [4.69, 9.17) is 4.74 Å². The number of hydrogen-bond donors (Lipinski definition) is 0. The first-order valence-corrected chi connectivity index (χ1v) is 20.9. The maximum atomic E-state index is 6.94. The zero-order chi connectivity index (χ0) is 36.4. The molecular weight excluding hydrogens is 760 g/mol. The van der Waals surface area contributed by atoms with Crippen molar-refractivity contribution in [2.75, 3.05) is 0 Å². The molecular formula is C48H38CuN3OP2+2. The van der Waals surface area contributed by atoms with Gasteiger partial charge in [-0.05, 0) is 102 Å². The van der Waals surface area contributed by atoms with E-state index in [0.29, 0.717) is 5.82 Å². The van der Waals surface area contributed by atoms with Crippen LogP contribution in [0.5, 0.6) is 11.5 Å². The minimum Gasteiger partial charge on any atom is -0.449 e. The summed E-state index contributed by atoms with van der Waals surface area (Å²) in [4.78, 5) is 13.0. The van der Waals surface area contributed by atoms with Crippen LogP contribution >= 0.6 is 15.8 Å². The second-order valence-electron chi connectivity index (χ2n) is 12.6. The van der Waals surface area contributed by atoms with Crippen molar-refractivity contribution in [1.82, 2.24) is 15.0 Å². The molecule has 0 aliphatic carbocycles. The van der Waals surface area contributed by atoms with Gasteiger partial charge in [0.2, 0.25) is 0 Å². The average molecular weight is 798 g/mol. The first kappa shape index (κ1) is 37.6. The molecule has 2 heterocycles. The molecule has 270 valence electrons. The molecule has 4 nitrogen and oxygen atoms in total. The van der Waals surface area contributed by atoms with Crippen LogP contribution in [0.3, 0.4) is 0 Å². The number of pyridine rings is 1. The Labute approximate surface area is 335 Å². The third-order valence-electron chi connectivity index (χ3n) is 9.01. The Balaban J connectivity index is 0.000000242. The quantitative estimate of drug-likeness (QED) is 0.108. The molecule has 0 N–H and O–H groups in total. The van der Waals surface area contributed by atoms with Crippen LogP contribution in [0.4, 0.5) is 0 Å². The van der Waals surface area contributed by atoms with Gasteiger partial charge in [-0.2, -0.15) is 0 Å². The van der Waals surface area contributed by atoms with Gasteiger partial charge in [0.25, 0.3) is 0 Å². The van der Waals surface area contributed by atoms with E-state index in [1.165, 1.54) is 31.8 Å². The van der Waals surface area contributed by atoms with Crippen molar-refractivity contribution in [1.29, 1.82) is 0 Å². The van der Waals surface area contributed by atoms with Gasteiger partial charge in [0.15, 0.2) is 11.5 Å². The Morgan fingerprint density at radius 3 is 1.24 bits per heavy atom. The summed E-state index contributed by atoms with van der Waals surface area (Å²) < 4.78 is 6.94. The molecule has 0 amide bonds. The van der Waals surface area contributed by atoms with Gasteiger partial charge in [-0.3, -0.25) is 4.98 Å². The number of fused-ring (bicyclic) bond motifs is 1. The smallest absolute Gasteiger partial charge is 0.449 e. The monoisotopic (exact) mass is 797 g/mol. The van der Waals surface area contributed by atoms with Crippen LogP contribution < -0.4 is 41.5 Å². The number of ether oxygens (including phenoxy) is 1. The van der Waals surface area contributed by atoms with E-state index >= 15 is 0 Å². The van der Waals surface area contributed by atoms with Gasteiger partial charge in [-0.1, -0.05) is 127 Å². The molecule has 0 aliphatic heterocycles.